The van der Waals surface area contributed by atoms with Crippen molar-refractivity contribution in [3.8, 4) is 0 Å². The third kappa shape index (κ3) is 5.01. The van der Waals surface area contributed by atoms with E-state index in [-0.39, 0.29) is 6.10 Å². The van der Waals surface area contributed by atoms with Gasteiger partial charge in [0, 0.05) is 25.2 Å². The monoisotopic (exact) mass is 282 g/mol. The van der Waals surface area contributed by atoms with Crippen LogP contribution in [0.15, 0.2) is 0 Å². The van der Waals surface area contributed by atoms with Gasteiger partial charge in [-0.05, 0) is 51.0 Å². The van der Waals surface area contributed by atoms with Crippen molar-refractivity contribution in [1.82, 2.24) is 10.2 Å². The number of hydrogen-bond donors (Lipinski definition) is 2. The molecule has 0 spiro atoms. The summed E-state index contributed by atoms with van der Waals surface area (Å²) < 4.78 is 0. The smallest absolute Gasteiger partial charge is 0.0540 e. The molecule has 1 saturated carbocycles. The first-order valence-corrected chi connectivity index (χ1v) is 8.87. The van der Waals surface area contributed by atoms with E-state index in [9.17, 15) is 5.11 Å². The third-order valence-corrected chi connectivity index (χ3v) is 5.06. The lowest BCUT2D eigenvalue weighted by Crippen LogP contribution is -2.52. The minimum Gasteiger partial charge on any atom is -0.393 e. The molecule has 0 aromatic carbocycles. The minimum absolute atomic E-state index is 0.103. The van der Waals surface area contributed by atoms with Crippen molar-refractivity contribution in [2.24, 2.45) is 5.92 Å². The highest BCUT2D eigenvalue weighted by molar-refractivity contribution is 4.87. The maximum atomic E-state index is 9.96. The highest BCUT2D eigenvalue weighted by atomic mass is 16.3. The maximum Gasteiger partial charge on any atom is 0.0540 e. The van der Waals surface area contributed by atoms with E-state index in [1.807, 2.05) is 0 Å². The molecule has 3 nitrogen and oxygen atoms in total. The van der Waals surface area contributed by atoms with E-state index in [2.05, 4.69) is 24.1 Å². The SMILES string of the molecule is CCCN1CC(CC(O)CC)CC(NC2CCCC2)C1. The van der Waals surface area contributed by atoms with Crippen LogP contribution in [0.2, 0.25) is 0 Å². The van der Waals surface area contributed by atoms with Crippen LogP contribution in [0.1, 0.15) is 65.2 Å². The summed E-state index contributed by atoms with van der Waals surface area (Å²) in [6.45, 7) is 7.97. The average Bonchev–Trinajstić information content (AvgIpc) is 2.91. The minimum atomic E-state index is -0.103. The first-order valence-electron chi connectivity index (χ1n) is 8.87. The van der Waals surface area contributed by atoms with Gasteiger partial charge in [-0.1, -0.05) is 26.7 Å². The van der Waals surface area contributed by atoms with Crippen molar-refractivity contribution in [2.45, 2.75) is 83.4 Å². The second-order valence-electron chi connectivity index (χ2n) is 7.00. The summed E-state index contributed by atoms with van der Waals surface area (Å²) in [5, 5.41) is 13.9. The quantitative estimate of drug-likeness (QED) is 0.754. The standard InChI is InChI=1S/C17H34N2O/c1-3-9-19-12-14(11-17(20)4-2)10-16(13-19)18-15-7-5-6-8-15/h14-18,20H,3-13H2,1-2H3. The van der Waals surface area contributed by atoms with Gasteiger partial charge in [-0.25, -0.2) is 0 Å². The molecule has 1 aliphatic heterocycles. The van der Waals surface area contributed by atoms with Gasteiger partial charge in [-0.15, -0.1) is 0 Å². The van der Waals surface area contributed by atoms with Crippen molar-refractivity contribution >= 4 is 0 Å². The summed E-state index contributed by atoms with van der Waals surface area (Å²) in [7, 11) is 0. The van der Waals surface area contributed by atoms with Crippen LogP contribution < -0.4 is 5.32 Å². The summed E-state index contributed by atoms with van der Waals surface area (Å²) in [5.41, 5.74) is 0. The summed E-state index contributed by atoms with van der Waals surface area (Å²) in [6, 6.07) is 1.41. The molecule has 2 fully saturated rings. The Morgan fingerprint density at radius 1 is 1.15 bits per heavy atom. The Morgan fingerprint density at radius 2 is 1.90 bits per heavy atom. The summed E-state index contributed by atoms with van der Waals surface area (Å²) in [4.78, 5) is 2.61. The highest BCUT2D eigenvalue weighted by Crippen LogP contribution is 2.25. The molecule has 0 radical (unpaired) electrons. The molecule has 0 amide bonds. The molecule has 3 unspecified atom stereocenters. The predicted molar refractivity (Wildman–Crippen MR) is 84.9 cm³/mol. The van der Waals surface area contributed by atoms with Gasteiger partial charge in [0.1, 0.15) is 0 Å². The second-order valence-corrected chi connectivity index (χ2v) is 7.00. The third-order valence-electron chi connectivity index (χ3n) is 5.06. The maximum absolute atomic E-state index is 9.96. The number of aliphatic hydroxyl groups excluding tert-OH is 1. The van der Waals surface area contributed by atoms with E-state index in [1.54, 1.807) is 0 Å². The summed E-state index contributed by atoms with van der Waals surface area (Å²) in [5.74, 6) is 0.671. The number of piperidine rings is 1. The number of aliphatic hydroxyl groups is 1. The zero-order valence-corrected chi connectivity index (χ0v) is 13.5. The fourth-order valence-electron chi connectivity index (χ4n) is 4.07. The van der Waals surface area contributed by atoms with Crippen LogP contribution in [0.25, 0.3) is 0 Å². The lowest BCUT2D eigenvalue weighted by Gasteiger charge is -2.40. The topological polar surface area (TPSA) is 35.5 Å². The van der Waals surface area contributed by atoms with Gasteiger partial charge in [0.25, 0.3) is 0 Å². The Balaban J connectivity index is 1.85. The molecule has 0 aromatic heterocycles. The number of nitrogens with zero attached hydrogens (tertiary/aromatic N) is 1. The molecule has 3 atom stereocenters. The van der Waals surface area contributed by atoms with E-state index in [0.717, 1.165) is 18.9 Å². The Bertz CT molecular complexity index is 266. The molecule has 0 bridgehead atoms. The molecule has 2 rings (SSSR count). The molecule has 1 saturated heterocycles. The van der Waals surface area contributed by atoms with E-state index >= 15 is 0 Å². The van der Waals surface area contributed by atoms with Crippen molar-refractivity contribution in [2.75, 3.05) is 19.6 Å². The first kappa shape index (κ1) is 16.3. The lowest BCUT2D eigenvalue weighted by atomic mass is 9.88. The predicted octanol–water partition coefficient (Wildman–Crippen LogP) is 2.78. The molecule has 1 heterocycles. The number of rotatable bonds is 7. The molecular weight excluding hydrogens is 248 g/mol. The van der Waals surface area contributed by atoms with Crippen LogP contribution in [0.5, 0.6) is 0 Å². The van der Waals surface area contributed by atoms with Gasteiger partial charge in [0.15, 0.2) is 0 Å². The zero-order valence-electron chi connectivity index (χ0n) is 13.5. The molecule has 2 aliphatic rings. The van der Waals surface area contributed by atoms with Crippen molar-refractivity contribution < 1.29 is 5.11 Å². The van der Waals surface area contributed by atoms with Crippen LogP contribution in [-0.2, 0) is 0 Å². The van der Waals surface area contributed by atoms with E-state index in [4.69, 9.17) is 0 Å². The average molecular weight is 282 g/mol. The van der Waals surface area contributed by atoms with Crippen molar-refractivity contribution in [3.63, 3.8) is 0 Å². The molecule has 1 aliphatic carbocycles. The highest BCUT2D eigenvalue weighted by Gasteiger charge is 2.29. The van der Waals surface area contributed by atoms with Crippen molar-refractivity contribution in [3.05, 3.63) is 0 Å². The summed E-state index contributed by atoms with van der Waals surface area (Å²) in [6.07, 6.45) is 9.81. The molecule has 3 heteroatoms. The zero-order chi connectivity index (χ0) is 14.4. The van der Waals surface area contributed by atoms with Gasteiger partial charge in [-0.3, -0.25) is 0 Å². The fourth-order valence-corrected chi connectivity index (χ4v) is 4.07. The number of likely N-dealkylation sites (tertiary alicyclic amines) is 1. The Kier molecular flexibility index (Phi) is 6.79. The second kappa shape index (κ2) is 8.35. The van der Waals surface area contributed by atoms with E-state index < -0.39 is 0 Å². The Morgan fingerprint density at radius 3 is 2.55 bits per heavy atom. The lowest BCUT2D eigenvalue weighted by molar-refractivity contribution is 0.0814. The van der Waals surface area contributed by atoms with Crippen LogP contribution in [0.4, 0.5) is 0 Å². The van der Waals surface area contributed by atoms with Gasteiger partial charge >= 0.3 is 0 Å². The fraction of sp³-hybridized carbons (Fsp3) is 1.00. The van der Waals surface area contributed by atoms with Crippen LogP contribution in [0, 0.1) is 5.92 Å². The largest absolute Gasteiger partial charge is 0.393 e. The first-order chi connectivity index (χ1) is 9.71. The molecule has 2 N–H and O–H groups in total. The Hall–Kier alpha value is -0.120. The molecule has 118 valence electrons. The van der Waals surface area contributed by atoms with Gasteiger partial charge in [-0.2, -0.15) is 0 Å². The van der Waals surface area contributed by atoms with Gasteiger partial charge < -0.3 is 15.3 Å². The van der Waals surface area contributed by atoms with Crippen molar-refractivity contribution in [1.29, 1.82) is 0 Å². The van der Waals surface area contributed by atoms with E-state index in [1.165, 1.54) is 58.2 Å². The summed E-state index contributed by atoms with van der Waals surface area (Å²) >= 11 is 0. The van der Waals surface area contributed by atoms with Crippen LogP contribution >= 0.6 is 0 Å². The number of hydrogen-bond acceptors (Lipinski definition) is 3. The number of nitrogens with one attached hydrogen (secondary N) is 1. The van der Waals surface area contributed by atoms with Gasteiger partial charge in [0.05, 0.1) is 6.10 Å². The molecule has 20 heavy (non-hydrogen) atoms. The van der Waals surface area contributed by atoms with Crippen LogP contribution in [0.3, 0.4) is 0 Å². The van der Waals surface area contributed by atoms with Gasteiger partial charge in [0.2, 0.25) is 0 Å². The normalized spacial score (nSPS) is 30.8. The molecular formula is C17H34N2O. The Labute approximate surface area is 125 Å². The van der Waals surface area contributed by atoms with Crippen LogP contribution in [-0.4, -0.2) is 47.8 Å². The molecule has 0 aromatic rings. The van der Waals surface area contributed by atoms with E-state index in [0.29, 0.717) is 12.0 Å².